The Morgan fingerprint density at radius 2 is 2.25 bits per heavy atom. The highest BCUT2D eigenvalue weighted by Gasteiger charge is 2.06. The molecule has 0 saturated heterocycles. The Hall–Kier alpha value is -1.68. The monoisotopic (exact) mass is 216 g/mol. The molecule has 2 heterocycles. The van der Waals surface area contributed by atoms with Gasteiger partial charge in [-0.3, -0.25) is 0 Å². The van der Waals surface area contributed by atoms with Crippen LogP contribution in [0.4, 0.5) is 0 Å². The number of aromatic amines is 1. The van der Waals surface area contributed by atoms with Crippen molar-refractivity contribution in [1.29, 1.82) is 0 Å². The molecule has 3 N–H and O–H groups in total. The molecule has 4 nitrogen and oxygen atoms in total. The Morgan fingerprint density at radius 3 is 2.88 bits per heavy atom. The number of nitrogens with one attached hydrogen (secondary N) is 1. The molecule has 2 aromatic rings. The van der Waals surface area contributed by atoms with Crippen LogP contribution in [0.3, 0.4) is 0 Å². The molecule has 0 saturated carbocycles. The van der Waals surface area contributed by atoms with Crippen molar-refractivity contribution in [2.45, 2.75) is 26.3 Å². The lowest BCUT2D eigenvalue weighted by atomic mass is 10.2. The van der Waals surface area contributed by atoms with Gasteiger partial charge in [0.15, 0.2) is 0 Å². The minimum absolute atomic E-state index is 0.0841. The summed E-state index contributed by atoms with van der Waals surface area (Å²) in [7, 11) is 0. The van der Waals surface area contributed by atoms with Gasteiger partial charge in [-0.15, -0.1) is 0 Å². The molecular weight excluding hydrogens is 200 g/mol. The summed E-state index contributed by atoms with van der Waals surface area (Å²) in [6.45, 7) is 3.93. The molecule has 1 unspecified atom stereocenters. The van der Waals surface area contributed by atoms with Gasteiger partial charge in [-0.1, -0.05) is 0 Å². The third-order valence-electron chi connectivity index (χ3n) is 2.30. The SMILES string of the molecule is Cc1cc(-c2cc[nH]c2)nc(CC(C)N)n1. The summed E-state index contributed by atoms with van der Waals surface area (Å²) >= 11 is 0. The molecule has 0 spiro atoms. The highest BCUT2D eigenvalue weighted by molar-refractivity contribution is 5.58. The van der Waals surface area contributed by atoms with E-state index in [0.717, 1.165) is 22.8 Å². The van der Waals surface area contributed by atoms with Crippen LogP contribution in [0, 0.1) is 6.92 Å². The second kappa shape index (κ2) is 4.45. The van der Waals surface area contributed by atoms with Gasteiger partial charge < -0.3 is 10.7 Å². The number of hydrogen-bond donors (Lipinski definition) is 2. The Morgan fingerprint density at radius 1 is 1.44 bits per heavy atom. The number of H-pyrrole nitrogens is 1. The molecule has 84 valence electrons. The van der Waals surface area contributed by atoms with Gasteiger partial charge in [-0.25, -0.2) is 9.97 Å². The van der Waals surface area contributed by atoms with E-state index in [1.54, 1.807) is 0 Å². The topological polar surface area (TPSA) is 67.6 Å². The van der Waals surface area contributed by atoms with E-state index < -0.39 is 0 Å². The molecule has 2 aromatic heterocycles. The van der Waals surface area contributed by atoms with Gasteiger partial charge in [0, 0.05) is 36.1 Å². The molecule has 0 aromatic carbocycles. The average molecular weight is 216 g/mol. The molecule has 0 fully saturated rings. The summed E-state index contributed by atoms with van der Waals surface area (Å²) in [6.07, 6.45) is 4.52. The molecule has 1 atom stereocenters. The number of nitrogens with zero attached hydrogens (tertiary/aromatic N) is 2. The first-order valence-electron chi connectivity index (χ1n) is 5.38. The molecule has 0 radical (unpaired) electrons. The van der Waals surface area contributed by atoms with E-state index in [4.69, 9.17) is 5.73 Å². The van der Waals surface area contributed by atoms with Gasteiger partial charge in [-0.05, 0) is 26.0 Å². The summed E-state index contributed by atoms with van der Waals surface area (Å²) in [5.74, 6) is 0.811. The molecule has 0 aliphatic carbocycles. The van der Waals surface area contributed by atoms with Crippen molar-refractivity contribution in [3.8, 4) is 11.3 Å². The average Bonchev–Trinajstić information content (AvgIpc) is 2.67. The number of rotatable bonds is 3. The number of nitrogens with two attached hydrogens (primary N) is 1. The van der Waals surface area contributed by atoms with E-state index in [2.05, 4.69) is 15.0 Å². The standard InChI is InChI=1S/C12H16N4/c1-8(13)5-12-15-9(2)6-11(16-12)10-3-4-14-7-10/h3-4,6-8,14H,5,13H2,1-2H3. The molecule has 0 aliphatic rings. The van der Waals surface area contributed by atoms with Crippen molar-refractivity contribution in [2.24, 2.45) is 5.73 Å². The van der Waals surface area contributed by atoms with Crippen molar-refractivity contribution >= 4 is 0 Å². The fraction of sp³-hybridized carbons (Fsp3) is 0.333. The predicted octanol–water partition coefficient (Wildman–Crippen LogP) is 1.67. The Labute approximate surface area is 94.9 Å². The number of aromatic nitrogens is 3. The van der Waals surface area contributed by atoms with Crippen LogP contribution in [0.5, 0.6) is 0 Å². The van der Waals surface area contributed by atoms with Crippen molar-refractivity contribution in [3.63, 3.8) is 0 Å². The highest BCUT2D eigenvalue weighted by Crippen LogP contribution is 2.17. The van der Waals surface area contributed by atoms with Crippen molar-refractivity contribution < 1.29 is 0 Å². The molecule has 0 amide bonds. The van der Waals surface area contributed by atoms with E-state index >= 15 is 0 Å². The van der Waals surface area contributed by atoms with E-state index in [0.29, 0.717) is 6.42 Å². The van der Waals surface area contributed by atoms with Crippen molar-refractivity contribution in [3.05, 3.63) is 36.0 Å². The Balaban J connectivity index is 2.36. The third kappa shape index (κ3) is 2.46. The maximum Gasteiger partial charge on any atom is 0.130 e. The van der Waals surface area contributed by atoms with Crippen LogP contribution < -0.4 is 5.73 Å². The van der Waals surface area contributed by atoms with Crippen LogP contribution in [-0.2, 0) is 6.42 Å². The lowest BCUT2D eigenvalue weighted by molar-refractivity contribution is 0.700. The van der Waals surface area contributed by atoms with Gasteiger partial charge in [-0.2, -0.15) is 0 Å². The first kappa shape index (κ1) is 10.8. The third-order valence-corrected chi connectivity index (χ3v) is 2.30. The largest absolute Gasteiger partial charge is 0.367 e. The number of aryl methyl sites for hydroxylation is 1. The van der Waals surface area contributed by atoms with Crippen LogP contribution in [0.15, 0.2) is 24.5 Å². The maximum atomic E-state index is 5.76. The molecular formula is C12H16N4. The number of hydrogen-bond acceptors (Lipinski definition) is 3. The van der Waals surface area contributed by atoms with Crippen LogP contribution in [0.1, 0.15) is 18.4 Å². The van der Waals surface area contributed by atoms with Crippen molar-refractivity contribution in [2.75, 3.05) is 0 Å². The van der Waals surface area contributed by atoms with Gasteiger partial charge in [0.1, 0.15) is 5.82 Å². The lowest BCUT2D eigenvalue weighted by Gasteiger charge is -2.06. The van der Waals surface area contributed by atoms with E-state index in [9.17, 15) is 0 Å². The fourth-order valence-electron chi connectivity index (χ4n) is 1.64. The van der Waals surface area contributed by atoms with Crippen LogP contribution >= 0.6 is 0 Å². The highest BCUT2D eigenvalue weighted by atomic mass is 14.9. The first-order valence-corrected chi connectivity index (χ1v) is 5.38. The summed E-state index contributed by atoms with van der Waals surface area (Å²) in [6, 6.07) is 4.06. The van der Waals surface area contributed by atoms with Crippen LogP contribution in [-0.4, -0.2) is 21.0 Å². The predicted molar refractivity (Wildman–Crippen MR) is 63.9 cm³/mol. The summed E-state index contributed by atoms with van der Waals surface area (Å²) in [5.41, 5.74) is 8.76. The Bertz CT molecular complexity index is 460. The second-order valence-electron chi connectivity index (χ2n) is 4.09. The Kier molecular flexibility index (Phi) is 3.01. The molecule has 2 rings (SSSR count). The fourth-order valence-corrected chi connectivity index (χ4v) is 1.64. The molecule has 0 bridgehead atoms. The van der Waals surface area contributed by atoms with Crippen LogP contribution in [0.2, 0.25) is 0 Å². The van der Waals surface area contributed by atoms with Crippen molar-refractivity contribution in [1.82, 2.24) is 15.0 Å². The summed E-state index contributed by atoms with van der Waals surface area (Å²) < 4.78 is 0. The van der Waals surface area contributed by atoms with Gasteiger partial charge in [0.05, 0.1) is 5.69 Å². The van der Waals surface area contributed by atoms with Gasteiger partial charge in [0.25, 0.3) is 0 Å². The second-order valence-corrected chi connectivity index (χ2v) is 4.09. The minimum Gasteiger partial charge on any atom is -0.367 e. The zero-order valence-electron chi connectivity index (χ0n) is 9.57. The summed E-state index contributed by atoms with van der Waals surface area (Å²) in [4.78, 5) is 11.9. The van der Waals surface area contributed by atoms with Gasteiger partial charge in [0.2, 0.25) is 0 Å². The summed E-state index contributed by atoms with van der Waals surface area (Å²) in [5, 5.41) is 0. The molecule has 16 heavy (non-hydrogen) atoms. The van der Waals surface area contributed by atoms with Gasteiger partial charge >= 0.3 is 0 Å². The van der Waals surface area contributed by atoms with Crippen LogP contribution in [0.25, 0.3) is 11.3 Å². The lowest BCUT2D eigenvalue weighted by Crippen LogP contribution is -2.19. The smallest absolute Gasteiger partial charge is 0.130 e. The maximum absolute atomic E-state index is 5.76. The normalized spacial score (nSPS) is 12.7. The van der Waals surface area contributed by atoms with E-state index in [1.807, 2.05) is 38.4 Å². The first-order chi connectivity index (χ1) is 7.65. The molecule has 4 heteroatoms. The van der Waals surface area contributed by atoms with E-state index in [-0.39, 0.29) is 6.04 Å². The quantitative estimate of drug-likeness (QED) is 0.820. The van der Waals surface area contributed by atoms with E-state index in [1.165, 1.54) is 0 Å². The minimum atomic E-state index is 0.0841. The zero-order valence-corrected chi connectivity index (χ0v) is 9.57. The molecule has 0 aliphatic heterocycles. The zero-order chi connectivity index (χ0) is 11.5.